The van der Waals surface area contributed by atoms with Gasteiger partial charge in [-0.1, -0.05) is 0 Å². The molecular formula is C13H22N2O6. The van der Waals surface area contributed by atoms with Crippen molar-refractivity contribution >= 4 is 11.9 Å². The van der Waals surface area contributed by atoms with E-state index in [9.17, 15) is 9.59 Å². The molecule has 120 valence electrons. The molecule has 0 aromatic heterocycles. The van der Waals surface area contributed by atoms with Crippen molar-refractivity contribution in [2.24, 2.45) is 11.5 Å². The van der Waals surface area contributed by atoms with Crippen LogP contribution in [0.4, 0.5) is 0 Å². The minimum absolute atomic E-state index is 0.00883. The summed E-state index contributed by atoms with van der Waals surface area (Å²) in [4.78, 5) is 22.5. The molecule has 0 saturated carbocycles. The molecule has 0 aromatic carbocycles. The van der Waals surface area contributed by atoms with E-state index < -0.39 is 11.9 Å². The monoisotopic (exact) mass is 302 g/mol. The van der Waals surface area contributed by atoms with Gasteiger partial charge in [-0.15, -0.1) is 0 Å². The van der Waals surface area contributed by atoms with Crippen LogP contribution in [0.15, 0.2) is 23.9 Å². The van der Waals surface area contributed by atoms with Gasteiger partial charge >= 0.3 is 11.9 Å². The maximum Gasteiger partial charge on any atom is 0.336 e. The Morgan fingerprint density at radius 2 is 1.19 bits per heavy atom. The summed E-state index contributed by atoms with van der Waals surface area (Å²) in [5, 5.41) is 0. The van der Waals surface area contributed by atoms with Crippen molar-refractivity contribution in [3.05, 3.63) is 23.9 Å². The predicted molar refractivity (Wildman–Crippen MR) is 74.3 cm³/mol. The number of rotatable bonds is 10. The first kappa shape index (κ1) is 18.6. The molecule has 4 N–H and O–H groups in total. The van der Waals surface area contributed by atoms with Crippen molar-refractivity contribution in [3.8, 4) is 0 Å². The quantitative estimate of drug-likeness (QED) is 0.253. The second-order valence-electron chi connectivity index (χ2n) is 3.65. The van der Waals surface area contributed by atoms with Crippen LogP contribution in [0.1, 0.15) is 20.3 Å². The number of carbonyl (C=O) groups excluding carboxylic acids is 2. The van der Waals surface area contributed by atoms with Gasteiger partial charge < -0.3 is 30.4 Å². The Morgan fingerprint density at radius 1 is 0.810 bits per heavy atom. The molecule has 8 heteroatoms. The minimum atomic E-state index is -0.618. The van der Waals surface area contributed by atoms with Gasteiger partial charge in [0.15, 0.2) is 11.8 Å². The van der Waals surface area contributed by atoms with Crippen molar-refractivity contribution < 1.29 is 28.5 Å². The maximum atomic E-state index is 11.2. The van der Waals surface area contributed by atoms with Crippen LogP contribution >= 0.6 is 0 Å². The molecule has 0 saturated heterocycles. The van der Waals surface area contributed by atoms with Crippen molar-refractivity contribution in [1.82, 2.24) is 0 Å². The molecule has 0 aliphatic carbocycles. The molecule has 0 radical (unpaired) electrons. The molecular weight excluding hydrogens is 280 g/mol. The average Bonchev–Trinajstić information content (AvgIpc) is 2.38. The zero-order valence-electron chi connectivity index (χ0n) is 12.3. The lowest BCUT2D eigenvalue weighted by molar-refractivity contribution is -0.140. The fourth-order valence-corrected chi connectivity index (χ4v) is 1.14. The van der Waals surface area contributed by atoms with Gasteiger partial charge in [0, 0.05) is 6.42 Å². The van der Waals surface area contributed by atoms with Crippen LogP contribution in [-0.4, -0.2) is 38.4 Å². The Hall–Kier alpha value is -2.38. The molecule has 0 aliphatic heterocycles. The third-order valence-corrected chi connectivity index (χ3v) is 1.92. The van der Waals surface area contributed by atoms with Gasteiger partial charge in [0.1, 0.15) is 0 Å². The molecule has 0 bridgehead atoms. The van der Waals surface area contributed by atoms with Crippen molar-refractivity contribution in [2.75, 3.05) is 26.4 Å². The van der Waals surface area contributed by atoms with Crippen LogP contribution in [0.5, 0.6) is 0 Å². The topological polar surface area (TPSA) is 123 Å². The van der Waals surface area contributed by atoms with E-state index in [-0.39, 0.29) is 25.0 Å². The Balaban J connectivity index is 3.77. The van der Waals surface area contributed by atoms with Crippen LogP contribution in [0.25, 0.3) is 0 Å². The van der Waals surface area contributed by atoms with Gasteiger partial charge in [-0.25, -0.2) is 9.59 Å². The molecule has 0 atom stereocenters. The van der Waals surface area contributed by atoms with Crippen LogP contribution in [0.2, 0.25) is 0 Å². The summed E-state index contributed by atoms with van der Waals surface area (Å²) in [6.45, 7) is 4.40. The summed E-state index contributed by atoms with van der Waals surface area (Å²) >= 11 is 0. The van der Waals surface area contributed by atoms with E-state index in [1.165, 1.54) is 0 Å². The lowest BCUT2D eigenvalue weighted by Gasteiger charge is -2.05. The normalized spacial score (nSPS) is 11.7. The van der Waals surface area contributed by atoms with E-state index in [0.29, 0.717) is 19.6 Å². The minimum Gasteiger partial charge on any atom is -0.479 e. The highest BCUT2D eigenvalue weighted by Gasteiger charge is 2.03. The van der Waals surface area contributed by atoms with E-state index in [0.717, 1.165) is 12.2 Å². The number of esters is 2. The van der Waals surface area contributed by atoms with Crippen molar-refractivity contribution in [3.63, 3.8) is 0 Å². The zero-order chi connectivity index (χ0) is 16.1. The molecule has 0 fully saturated rings. The lowest BCUT2D eigenvalue weighted by atomic mass is 10.5. The first-order chi connectivity index (χ1) is 9.99. The standard InChI is InChI=1S/C13H22N2O6/c1-3-18-10(14)8-12(16)20-6-5-7-21-13(17)9-11(15)19-4-2/h8-9H,3-7,14-15H2,1-2H3. The second-order valence-corrected chi connectivity index (χ2v) is 3.65. The third kappa shape index (κ3) is 11.2. The molecule has 0 unspecified atom stereocenters. The second kappa shape index (κ2) is 11.4. The number of hydrogen-bond acceptors (Lipinski definition) is 8. The van der Waals surface area contributed by atoms with E-state index >= 15 is 0 Å². The smallest absolute Gasteiger partial charge is 0.336 e. The van der Waals surface area contributed by atoms with Gasteiger partial charge in [-0.2, -0.15) is 0 Å². The van der Waals surface area contributed by atoms with Crippen LogP contribution in [0.3, 0.4) is 0 Å². The van der Waals surface area contributed by atoms with Gasteiger partial charge in [0.2, 0.25) is 0 Å². The molecule has 0 rings (SSSR count). The molecule has 0 amide bonds. The highest BCUT2D eigenvalue weighted by Crippen LogP contribution is 1.94. The van der Waals surface area contributed by atoms with Gasteiger partial charge in [-0.05, 0) is 13.8 Å². The number of ether oxygens (including phenoxy) is 4. The first-order valence-electron chi connectivity index (χ1n) is 6.53. The molecule has 0 aromatic rings. The van der Waals surface area contributed by atoms with E-state index in [1.807, 2.05) is 0 Å². The first-order valence-corrected chi connectivity index (χ1v) is 6.53. The molecule has 0 heterocycles. The van der Waals surface area contributed by atoms with Crippen LogP contribution in [-0.2, 0) is 28.5 Å². The highest BCUT2D eigenvalue weighted by molar-refractivity contribution is 5.82. The molecule has 0 aliphatic rings. The Bertz CT molecular complexity index is 356. The highest BCUT2D eigenvalue weighted by atomic mass is 16.5. The Labute approximate surface area is 123 Å². The van der Waals surface area contributed by atoms with E-state index in [4.69, 9.17) is 30.4 Å². The van der Waals surface area contributed by atoms with Crippen molar-refractivity contribution in [2.45, 2.75) is 20.3 Å². The number of hydrogen-bond donors (Lipinski definition) is 2. The third-order valence-electron chi connectivity index (χ3n) is 1.92. The summed E-state index contributed by atoms with van der Waals surface area (Å²) in [6.07, 6.45) is 2.43. The van der Waals surface area contributed by atoms with Gasteiger partial charge in [0.25, 0.3) is 0 Å². The number of carbonyl (C=O) groups is 2. The summed E-state index contributed by atoms with van der Waals surface area (Å²) in [7, 11) is 0. The zero-order valence-corrected chi connectivity index (χ0v) is 12.3. The molecule has 21 heavy (non-hydrogen) atoms. The SMILES string of the molecule is CCOC(N)=CC(=O)OCCCOC(=O)C=C(N)OCC. The van der Waals surface area contributed by atoms with Crippen molar-refractivity contribution in [1.29, 1.82) is 0 Å². The van der Waals surface area contributed by atoms with Crippen LogP contribution in [0, 0.1) is 0 Å². The summed E-state index contributed by atoms with van der Waals surface area (Å²) in [6, 6.07) is 0. The average molecular weight is 302 g/mol. The lowest BCUT2D eigenvalue weighted by Crippen LogP contribution is -2.12. The molecule has 0 spiro atoms. The van der Waals surface area contributed by atoms with E-state index in [2.05, 4.69) is 0 Å². The Kier molecular flexibility index (Phi) is 10.1. The predicted octanol–water partition coefficient (Wildman–Crippen LogP) is 0.136. The summed E-state index contributed by atoms with van der Waals surface area (Å²) in [5.41, 5.74) is 10.7. The fraction of sp³-hybridized carbons (Fsp3) is 0.538. The van der Waals surface area contributed by atoms with Crippen LogP contribution < -0.4 is 11.5 Å². The van der Waals surface area contributed by atoms with Gasteiger partial charge in [0.05, 0.1) is 38.6 Å². The number of nitrogens with two attached hydrogens (primary N) is 2. The molecule has 8 nitrogen and oxygen atoms in total. The largest absolute Gasteiger partial charge is 0.479 e. The Morgan fingerprint density at radius 3 is 1.52 bits per heavy atom. The summed E-state index contributed by atoms with van der Waals surface area (Å²) < 4.78 is 19.4. The summed E-state index contributed by atoms with van der Waals surface area (Å²) in [5.74, 6) is -1.25. The van der Waals surface area contributed by atoms with Gasteiger partial charge in [-0.3, -0.25) is 0 Å². The fourth-order valence-electron chi connectivity index (χ4n) is 1.14. The maximum absolute atomic E-state index is 11.2. The van der Waals surface area contributed by atoms with E-state index in [1.54, 1.807) is 13.8 Å².